The summed E-state index contributed by atoms with van der Waals surface area (Å²) in [5.41, 5.74) is 21.9. The lowest BCUT2D eigenvalue weighted by atomic mass is 10.4. The number of nitrogens with zero attached hydrogens (tertiary/aromatic N) is 4. The fraction of sp³-hybridized carbons (Fsp3) is 0. The van der Waals surface area contributed by atoms with Crippen molar-refractivity contribution in [3.05, 3.63) is 188 Å². The molecular formula is C44H40Br4N12O8S4. The molecule has 376 valence electrons. The van der Waals surface area contributed by atoms with Crippen LogP contribution in [-0.4, -0.2) is 53.6 Å². The first-order valence-corrected chi connectivity index (χ1v) is 29.0. The number of rotatable bonds is 12. The summed E-state index contributed by atoms with van der Waals surface area (Å²) in [7, 11) is -14.5. The lowest BCUT2D eigenvalue weighted by Gasteiger charge is -2.07. The molecule has 8 aromatic rings. The van der Waals surface area contributed by atoms with Crippen LogP contribution in [0.4, 0.5) is 46.5 Å². The molecule has 0 aliphatic carbocycles. The van der Waals surface area contributed by atoms with Gasteiger partial charge < -0.3 is 22.9 Å². The van der Waals surface area contributed by atoms with Gasteiger partial charge in [-0.3, -0.25) is 18.9 Å². The molecule has 0 unspecified atom stereocenters. The third-order valence-corrected chi connectivity index (χ3v) is 16.1. The molecule has 28 heteroatoms. The predicted octanol–water partition coefficient (Wildman–Crippen LogP) is 8.91. The topological polar surface area (TPSA) is 340 Å². The Morgan fingerprint density at radius 2 is 0.444 bits per heavy atom. The Balaban J connectivity index is 0.000000178. The highest BCUT2D eigenvalue weighted by Gasteiger charge is 2.18. The monoisotopic (exact) mass is 1310 g/mol. The highest BCUT2D eigenvalue weighted by molar-refractivity contribution is 9.11. The Labute approximate surface area is 449 Å². The van der Waals surface area contributed by atoms with Crippen molar-refractivity contribution in [2.24, 2.45) is 0 Å². The normalized spacial score (nSPS) is 11.2. The van der Waals surface area contributed by atoms with Gasteiger partial charge in [-0.05, 0) is 146 Å². The van der Waals surface area contributed by atoms with E-state index in [0.29, 0.717) is 0 Å². The van der Waals surface area contributed by atoms with E-state index in [2.05, 4.69) is 103 Å². The molecule has 72 heavy (non-hydrogen) atoms. The van der Waals surface area contributed by atoms with Crippen LogP contribution in [0.2, 0.25) is 0 Å². The first-order chi connectivity index (χ1) is 33.9. The summed E-state index contributed by atoms with van der Waals surface area (Å²) in [5, 5.41) is 0. The fourth-order valence-corrected chi connectivity index (χ4v) is 10.3. The van der Waals surface area contributed by atoms with E-state index >= 15 is 0 Å². The van der Waals surface area contributed by atoms with Crippen molar-refractivity contribution in [2.45, 2.75) is 19.6 Å². The van der Waals surface area contributed by atoms with E-state index in [-0.39, 0.29) is 66.1 Å². The van der Waals surface area contributed by atoms with Crippen LogP contribution in [0.3, 0.4) is 0 Å². The first-order valence-electron chi connectivity index (χ1n) is 19.9. The molecule has 0 saturated carbocycles. The maximum atomic E-state index is 12.0. The molecule has 0 amide bonds. The summed E-state index contributed by atoms with van der Waals surface area (Å²) in [5.74, 6) is 1.79. The molecule has 20 nitrogen and oxygen atoms in total. The van der Waals surface area contributed by atoms with Gasteiger partial charge in [-0.2, -0.15) is 0 Å². The standard InChI is InChI=1S/4C11H10BrN3O2S/c4*12-8-4-6-9(7-5-8)18(16,17)15-11-3-1-2-10(13)14-11/h4*1-7H,(H3,13,14,15). The zero-order valence-corrected chi connectivity index (χ0v) is 46.3. The molecule has 4 aromatic heterocycles. The van der Waals surface area contributed by atoms with Gasteiger partial charge in [-0.25, -0.2) is 53.6 Å². The van der Waals surface area contributed by atoms with Crippen molar-refractivity contribution < 1.29 is 33.7 Å². The van der Waals surface area contributed by atoms with Gasteiger partial charge in [0.15, 0.2) is 0 Å². The number of anilines is 8. The summed E-state index contributed by atoms with van der Waals surface area (Å²) < 4.78 is 109. The van der Waals surface area contributed by atoms with Crippen molar-refractivity contribution in [3.8, 4) is 0 Å². The summed E-state index contributed by atoms with van der Waals surface area (Å²) in [4.78, 5) is 16.2. The van der Waals surface area contributed by atoms with Crippen molar-refractivity contribution in [1.82, 2.24) is 19.9 Å². The van der Waals surface area contributed by atoms with E-state index in [4.69, 9.17) is 22.9 Å². The second kappa shape index (κ2) is 25.3. The average Bonchev–Trinajstić information content (AvgIpc) is 3.30. The molecule has 8 rings (SSSR count). The minimum Gasteiger partial charge on any atom is -0.384 e. The van der Waals surface area contributed by atoms with E-state index < -0.39 is 40.1 Å². The van der Waals surface area contributed by atoms with Crippen LogP contribution in [0, 0.1) is 0 Å². The van der Waals surface area contributed by atoms with Crippen LogP contribution in [0.1, 0.15) is 0 Å². The highest BCUT2D eigenvalue weighted by Crippen LogP contribution is 2.22. The van der Waals surface area contributed by atoms with Crippen molar-refractivity contribution in [1.29, 1.82) is 0 Å². The molecule has 0 fully saturated rings. The van der Waals surface area contributed by atoms with Crippen LogP contribution >= 0.6 is 63.7 Å². The molecule has 0 saturated heterocycles. The number of nitrogen functional groups attached to an aromatic ring is 4. The minimum absolute atomic E-state index is 0.162. The predicted molar refractivity (Wildman–Crippen MR) is 294 cm³/mol. The van der Waals surface area contributed by atoms with Crippen LogP contribution in [0.15, 0.2) is 207 Å². The van der Waals surface area contributed by atoms with Crippen LogP contribution in [-0.2, 0) is 40.1 Å². The molecule has 12 N–H and O–H groups in total. The number of hydrogen-bond donors (Lipinski definition) is 8. The van der Waals surface area contributed by atoms with Crippen molar-refractivity contribution in [2.75, 3.05) is 41.8 Å². The number of sulfonamides is 4. The van der Waals surface area contributed by atoms with Gasteiger partial charge in [0.1, 0.15) is 46.5 Å². The zero-order valence-electron chi connectivity index (χ0n) is 36.7. The number of pyridine rings is 4. The first kappa shape index (κ1) is 56.5. The number of hydrogen-bond acceptors (Lipinski definition) is 16. The lowest BCUT2D eigenvalue weighted by Crippen LogP contribution is -2.14. The lowest BCUT2D eigenvalue weighted by molar-refractivity contribution is 0.599. The number of halogens is 4. The summed E-state index contributed by atoms with van der Waals surface area (Å²) in [6, 6.07) is 44.2. The van der Waals surface area contributed by atoms with Gasteiger partial charge in [0.05, 0.1) is 19.6 Å². The third-order valence-electron chi connectivity index (χ3n) is 8.53. The van der Waals surface area contributed by atoms with Gasteiger partial charge in [0.25, 0.3) is 40.1 Å². The molecular weight excluding hydrogens is 1270 g/mol. The maximum absolute atomic E-state index is 12.0. The molecule has 0 bridgehead atoms. The Bertz CT molecular complexity index is 3100. The molecule has 0 aliphatic heterocycles. The van der Waals surface area contributed by atoms with E-state index in [1.807, 2.05) is 0 Å². The van der Waals surface area contributed by atoms with E-state index in [1.54, 1.807) is 97.1 Å². The largest absolute Gasteiger partial charge is 0.384 e. The zero-order chi connectivity index (χ0) is 52.7. The smallest absolute Gasteiger partial charge is 0.263 e. The van der Waals surface area contributed by atoms with Gasteiger partial charge in [-0.1, -0.05) is 88.0 Å². The van der Waals surface area contributed by atoms with Gasteiger partial charge in [0, 0.05) is 17.9 Å². The molecule has 0 aliphatic rings. The van der Waals surface area contributed by atoms with Crippen LogP contribution in [0.25, 0.3) is 0 Å². The van der Waals surface area contributed by atoms with E-state index in [1.165, 1.54) is 72.8 Å². The quantitative estimate of drug-likeness (QED) is 0.0566. The SMILES string of the molecule is Nc1cccc(NS(=O)(=O)c2ccc(Br)cc2)n1.Nc1cccc(NS(=O)(=O)c2ccc(Br)cc2)n1.Nc1cccc(NS(=O)(=O)c2ccc(Br)cc2)n1.Nc1cccc(NS(=O)(=O)c2ccc(Br)cc2)n1. The van der Waals surface area contributed by atoms with Crippen molar-refractivity contribution in [3.63, 3.8) is 0 Å². The van der Waals surface area contributed by atoms with Gasteiger partial charge >= 0.3 is 0 Å². The van der Waals surface area contributed by atoms with Crippen molar-refractivity contribution >= 4 is 150 Å². The second-order valence-corrected chi connectivity index (χ2v) is 24.4. The Kier molecular flexibility index (Phi) is 19.9. The second-order valence-electron chi connectivity index (χ2n) is 14.0. The Morgan fingerprint density at radius 3 is 0.597 bits per heavy atom. The summed E-state index contributed by atoms with van der Waals surface area (Å²) in [6.07, 6.45) is 0. The molecule has 4 heterocycles. The van der Waals surface area contributed by atoms with Gasteiger partial charge in [0.2, 0.25) is 0 Å². The molecule has 0 radical (unpaired) electrons. The van der Waals surface area contributed by atoms with E-state index in [0.717, 1.165) is 17.9 Å². The average molecular weight is 1310 g/mol. The number of nitrogens with one attached hydrogen (secondary N) is 4. The molecule has 0 atom stereocenters. The molecule has 0 spiro atoms. The maximum Gasteiger partial charge on any atom is 0.263 e. The summed E-state index contributed by atoms with van der Waals surface area (Å²) in [6.45, 7) is 0. The van der Waals surface area contributed by atoms with Crippen LogP contribution < -0.4 is 41.8 Å². The summed E-state index contributed by atoms with van der Waals surface area (Å²) >= 11 is 13.0. The fourth-order valence-electron chi connectivity index (χ4n) is 5.27. The third kappa shape index (κ3) is 18.0. The highest BCUT2D eigenvalue weighted by atomic mass is 79.9. The molecule has 4 aromatic carbocycles. The van der Waals surface area contributed by atoms with Crippen LogP contribution in [0.5, 0.6) is 0 Å². The number of nitrogens with two attached hydrogens (primary N) is 4. The van der Waals surface area contributed by atoms with Gasteiger partial charge in [-0.15, -0.1) is 0 Å². The van der Waals surface area contributed by atoms with E-state index in [9.17, 15) is 33.7 Å². The Hall–Kier alpha value is -6.40. The number of aromatic nitrogens is 4. The number of benzene rings is 4. The minimum atomic E-state index is -3.64. The Morgan fingerprint density at radius 1 is 0.278 bits per heavy atom.